The van der Waals surface area contributed by atoms with Crippen LogP contribution >= 0.6 is 23.2 Å². The molecule has 0 atom stereocenters. The maximum atomic E-state index is 5.43. The number of rotatable bonds is 3. The minimum atomic E-state index is 0.544. The number of nitrogens with zero attached hydrogens (tertiary/aromatic N) is 1. The standard InChI is InChI=1S/C5H4ClN.C5H11Cl/c6-5-3-1-2-4-7-5;1-2-3-4-5-6/h1-4H;2-5H2,1H3. The van der Waals surface area contributed by atoms with Gasteiger partial charge in [-0.3, -0.25) is 0 Å². The summed E-state index contributed by atoms with van der Waals surface area (Å²) in [7, 11) is 0. The fraction of sp³-hybridized carbons (Fsp3) is 0.500. The first-order valence-electron chi connectivity index (χ1n) is 4.43. The molecule has 0 bridgehead atoms. The van der Waals surface area contributed by atoms with Gasteiger partial charge in [-0.05, 0) is 18.6 Å². The van der Waals surface area contributed by atoms with Crippen molar-refractivity contribution in [3.63, 3.8) is 0 Å². The van der Waals surface area contributed by atoms with Crippen molar-refractivity contribution in [2.75, 3.05) is 5.88 Å². The summed E-state index contributed by atoms with van der Waals surface area (Å²) >= 11 is 10.8. The minimum Gasteiger partial charge on any atom is -0.245 e. The Labute approximate surface area is 90.1 Å². The van der Waals surface area contributed by atoms with Crippen molar-refractivity contribution in [2.45, 2.75) is 26.2 Å². The van der Waals surface area contributed by atoms with Gasteiger partial charge in [-0.15, -0.1) is 11.6 Å². The first kappa shape index (κ1) is 12.7. The van der Waals surface area contributed by atoms with Crippen molar-refractivity contribution in [2.24, 2.45) is 0 Å². The molecule has 1 aromatic heterocycles. The predicted octanol–water partition coefficient (Wildman–Crippen LogP) is 4.15. The van der Waals surface area contributed by atoms with Crippen LogP contribution in [-0.2, 0) is 0 Å². The molecule has 0 N–H and O–H groups in total. The van der Waals surface area contributed by atoms with Gasteiger partial charge in [-0.2, -0.15) is 0 Å². The van der Waals surface area contributed by atoms with Crippen LogP contribution in [0.3, 0.4) is 0 Å². The second-order valence-corrected chi connectivity index (χ2v) is 3.31. The van der Waals surface area contributed by atoms with E-state index >= 15 is 0 Å². The first-order valence-corrected chi connectivity index (χ1v) is 5.35. The van der Waals surface area contributed by atoms with Crippen molar-refractivity contribution in [3.8, 4) is 0 Å². The van der Waals surface area contributed by atoms with Gasteiger partial charge in [0.15, 0.2) is 0 Å². The van der Waals surface area contributed by atoms with Crippen LogP contribution in [0.15, 0.2) is 24.4 Å². The molecular weight excluding hydrogens is 205 g/mol. The topological polar surface area (TPSA) is 12.9 Å². The number of hydrogen-bond donors (Lipinski definition) is 0. The van der Waals surface area contributed by atoms with Crippen LogP contribution in [0.5, 0.6) is 0 Å². The third kappa shape index (κ3) is 9.65. The van der Waals surface area contributed by atoms with Gasteiger partial charge in [0.05, 0.1) is 0 Å². The highest BCUT2D eigenvalue weighted by molar-refractivity contribution is 6.29. The van der Waals surface area contributed by atoms with E-state index < -0.39 is 0 Å². The van der Waals surface area contributed by atoms with Gasteiger partial charge in [0.2, 0.25) is 0 Å². The summed E-state index contributed by atoms with van der Waals surface area (Å²) in [5, 5.41) is 0.544. The van der Waals surface area contributed by atoms with E-state index in [9.17, 15) is 0 Å². The molecular formula is C10H15Cl2N. The largest absolute Gasteiger partial charge is 0.245 e. The summed E-state index contributed by atoms with van der Waals surface area (Å²) < 4.78 is 0. The molecule has 0 fully saturated rings. The van der Waals surface area contributed by atoms with Gasteiger partial charge in [-0.25, -0.2) is 4.98 Å². The molecule has 1 rings (SSSR count). The molecule has 1 aromatic rings. The van der Waals surface area contributed by atoms with Crippen LogP contribution in [-0.4, -0.2) is 10.9 Å². The Morgan fingerprint density at radius 3 is 2.31 bits per heavy atom. The van der Waals surface area contributed by atoms with Crippen LogP contribution in [0, 0.1) is 0 Å². The van der Waals surface area contributed by atoms with Gasteiger partial charge in [0.25, 0.3) is 0 Å². The van der Waals surface area contributed by atoms with E-state index in [1.54, 1.807) is 12.3 Å². The van der Waals surface area contributed by atoms with E-state index in [0.717, 1.165) is 5.88 Å². The second kappa shape index (κ2) is 9.82. The van der Waals surface area contributed by atoms with Crippen molar-refractivity contribution < 1.29 is 0 Å². The van der Waals surface area contributed by atoms with Gasteiger partial charge in [0, 0.05) is 12.1 Å². The quantitative estimate of drug-likeness (QED) is 0.423. The molecule has 0 unspecified atom stereocenters. The Bertz CT molecular complexity index is 185. The zero-order chi connectivity index (χ0) is 9.94. The van der Waals surface area contributed by atoms with Crippen molar-refractivity contribution >= 4 is 23.2 Å². The number of alkyl halides is 1. The van der Waals surface area contributed by atoms with E-state index in [4.69, 9.17) is 23.2 Å². The molecule has 0 aliphatic carbocycles. The number of halogens is 2. The molecule has 0 aliphatic heterocycles. The molecule has 1 heterocycles. The highest BCUT2D eigenvalue weighted by Crippen LogP contribution is 1.98. The van der Waals surface area contributed by atoms with Crippen molar-refractivity contribution in [3.05, 3.63) is 29.5 Å². The van der Waals surface area contributed by atoms with Gasteiger partial charge in [-0.1, -0.05) is 37.4 Å². The van der Waals surface area contributed by atoms with Crippen LogP contribution in [0.1, 0.15) is 26.2 Å². The van der Waals surface area contributed by atoms with E-state index in [1.165, 1.54) is 19.3 Å². The fourth-order valence-corrected chi connectivity index (χ4v) is 1.00. The number of hydrogen-bond acceptors (Lipinski definition) is 1. The van der Waals surface area contributed by atoms with Crippen LogP contribution in [0.4, 0.5) is 0 Å². The summed E-state index contributed by atoms with van der Waals surface area (Å²) in [5.74, 6) is 0.827. The Morgan fingerprint density at radius 1 is 1.31 bits per heavy atom. The minimum absolute atomic E-state index is 0.544. The Kier molecular flexibility index (Phi) is 9.61. The summed E-state index contributed by atoms with van der Waals surface area (Å²) in [6, 6.07) is 5.41. The summed E-state index contributed by atoms with van der Waals surface area (Å²) in [4.78, 5) is 3.74. The number of unbranched alkanes of at least 4 members (excludes halogenated alkanes) is 2. The molecule has 0 saturated heterocycles. The normalized spacial score (nSPS) is 8.85. The lowest BCUT2D eigenvalue weighted by Crippen LogP contribution is -1.70. The van der Waals surface area contributed by atoms with Crippen LogP contribution in [0.25, 0.3) is 0 Å². The fourth-order valence-electron chi connectivity index (χ4n) is 0.686. The second-order valence-electron chi connectivity index (χ2n) is 2.55. The zero-order valence-corrected chi connectivity index (χ0v) is 9.35. The highest BCUT2D eigenvalue weighted by Gasteiger charge is 1.77. The van der Waals surface area contributed by atoms with E-state index in [0.29, 0.717) is 5.15 Å². The van der Waals surface area contributed by atoms with Gasteiger partial charge in [0.1, 0.15) is 5.15 Å². The third-order valence-electron chi connectivity index (χ3n) is 1.37. The predicted molar refractivity (Wildman–Crippen MR) is 59.5 cm³/mol. The smallest absolute Gasteiger partial charge is 0.129 e. The van der Waals surface area contributed by atoms with Crippen molar-refractivity contribution in [1.82, 2.24) is 4.98 Å². The molecule has 1 nitrogen and oxygen atoms in total. The average molecular weight is 220 g/mol. The highest BCUT2D eigenvalue weighted by atomic mass is 35.5. The number of pyridine rings is 1. The summed E-state index contributed by atoms with van der Waals surface area (Å²) in [6.07, 6.45) is 5.39. The third-order valence-corrected chi connectivity index (χ3v) is 1.86. The van der Waals surface area contributed by atoms with Crippen LogP contribution in [0.2, 0.25) is 5.15 Å². The Morgan fingerprint density at radius 2 is 2.08 bits per heavy atom. The maximum absolute atomic E-state index is 5.43. The monoisotopic (exact) mass is 219 g/mol. The van der Waals surface area contributed by atoms with E-state index in [1.807, 2.05) is 12.1 Å². The van der Waals surface area contributed by atoms with Crippen molar-refractivity contribution in [1.29, 1.82) is 0 Å². The van der Waals surface area contributed by atoms with E-state index in [2.05, 4.69) is 11.9 Å². The molecule has 0 aromatic carbocycles. The maximum Gasteiger partial charge on any atom is 0.129 e. The molecule has 3 heteroatoms. The Balaban J connectivity index is 0.000000226. The average Bonchev–Trinajstić information content (AvgIpc) is 2.17. The SMILES string of the molecule is CCCCCCl.Clc1ccccn1. The number of aromatic nitrogens is 1. The molecule has 0 radical (unpaired) electrons. The van der Waals surface area contributed by atoms with Crippen LogP contribution < -0.4 is 0 Å². The lowest BCUT2D eigenvalue weighted by Gasteiger charge is -1.84. The molecule has 13 heavy (non-hydrogen) atoms. The van der Waals surface area contributed by atoms with E-state index in [-0.39, 0.29) is 0 Å². The summed E-state index contributed by atoms with van der Waals surface area (Å²) in [6.45, 7) is 2.17. The first-order chi connectivity index (χ1) is 6.31. The molecule has 74 valence electrons. The Hall–Kier alpha value is -0.270. The molecule has 0 saturated carbocycles. The van der Waals surface area contributed by atoms with Gasteiger partial charge < -0.3 is 0 Å². The molecule has 0 amide bonds. The zero-order valence-electron chi connectivity index (χ0n) is 7.84. The van der Waals surface area contributed by atoms with Gasteiger partial charge >= 0.3 is 0 Å². The molecule has 0 spiro atoms. The molecule has 0 aliphatic rings. The summed E-state index contributed by atoms with van der Waals surface area (Å²) in [5.41, 5.74) is 0. The lowest BCUT2D eigenvalue weighted by molar-refractivity contribution is 0.776. The lowest BCUT2D eigenvalue weighted by atomic mass is 10.3.